The van der Waals surface area contributed by atoms with Crippen molar-refractivity contribution in [3.8, 4) is 11.6 Å². The first-order valence-electron chi connectivity index (χ1n) is 6.90. The number of ether oxygens (including phenoxy) is 1. The number of aromatic nitrogens is 3. The standard InChI is InChI=1S/C16H12F2N4O2/c1-10-2-4-12(15(21-23)22-7-6-19-9-22)16(20-10)24-11-3-5-13(17)14(18)8-11/h2-9,23H,1H3/b21-15-. The first-order chi connectivity index (χ1) is 11.6. The summed E-state index contributed by atoms with van der Waals surface area (Å²) >= 11 is 0. The molecule has 24 heavy (non-hydrogen) atoms. The van der Waals surface area contributed by atoms with E-state index in [4.69, 9.17) is 4.74 Å². The van der Waals surface area contributed by atoms with E-state index in [1.807, 2.05) is 0 Å². The molecule has 8 heteroatoms. The van der Waals surface area contributed by atoms with Gasteiger partial charge in [0.2, 0.25) is 5.88 Å². The molecule has 0 aliphatic carbocycles. The van der Waals surface area contributed by atoms with E-state index in [0.29, 0.717) is 11.3 Å². The van der Waals surface area contributed by atoms with Gasteiger partial charge in [0.1, 0.15) is 12.1 Å². The number of hydrogen-bond acceptors (Lipinski definition) is 5. The molecule has 0 aliphatic rings. The lowest BCUT2D eigenvalue weighted by Gasteiger charge is -2.12. The molecule has 0 radical (unpaired) electrons. The zero-order valence-electron chi connectivity index (χ0n) is 12.5. The Morgan fingerprint density at radius 1 is 1.21 bits per heavy atom. The highest BCUT2D eigenvalue weighted by atomic mass is 19.2. The molecule has 2 aromatic heterocycles. The lowest BCUT2D eigenvalue weighted by Crippen LogP contribution is -2.14. The van der Waals surface area contributed by atoms with Crippen molar-refractivity contribution in [3.63, 3.8) is 0 Å². The molecule has 6 nitrogen and oxygen atoms in total. The highest BCUT2D eigenvalue weighted by Crippen LogP contribution is 2.26. The van der Waals surface area contributed by atoms with Gasteiger partial charge < -0.3 is 9.94 Å². The molecule has 0 aliphatic heterocycles. The van der Waals surface area contributed by atoms with Crippen LogP contribution >= 0.6 is 0 Å². The van der Waals surface area contributed by atoms with Crippen LogP contribution in [0.2, 0.25) is 0 Å². The molecule has 0 atom stereocenters. The Balaban J connectivity index is 2.04. The third-order valence-electron chi connectivity index (χ3n) is 3.19. The number of pyridine rings is 1. The number of halogens is 2. The van der Waals surface area contributed by atoms with E-state index in [1.54, 1.807) is 25.3 Å². The van der Waals surface area contributed by atoms with Gasteiger partial charge in [-0.3, -0.25) is 4.57 Å². The van der Waals surface area contributed by atoms with Gasteiger partial charge in [-0.05, 0) is 31.2 Å². The fourth-order valence-electron chi connectivity index (χ4n) is 2.06. The fraction of sp³-hybridized carbons (Fsp3) is 0.0625. The summed E-state index contributed by atoms with van der Waals surface area (Å²) in [5.74, 6) is -1.74. The van der Waals surface area contributed by atoms with Crippen LogP contribution < -0.4 is 4.74 Å². The van der Waals surface area contributed by atoms with E-state index in [1.165, 1.54) is 23.2 Å². The van der Waals surface area contributed by atoms with Crippen molar-refractivity contribution in [1.29, 1.82) is 0 Å². The number of imidazole rings is 1. The molecule has 0 amide bonds. The van der Waals surface area contributed by atoms with E-state index in [9.17, 15) is 14.0 Å². The van der Waals surface area contributed by atoms with Gasteiger partial charge in [-0.1, -0.05) is 5.16 Å². The summed E-state index contributed by atoms with van der Waals surface area (Å²) in [5, 5.41) is 12.6. The maximum Gasteiger partial charge on any atom is 0.230 e. The van der Waals surface area contributed by atoms with Gasteiger partial charge in [-0.2, -0.15) is 0 Å². The number of aryl methyl sites for hydroxylation is 1. The van der Waals surface area contributed by atoms with Crippen LogP contribution in [0.5, 0.6) is 11.6 Å². The predicted octanol–water partition coefficient (Wildman–Crippen LogP) is 3.34. The van der Waals surface area contributed by atoms with Crippen molar-refractivity contribution < 1.29 is 18.7 Å². The number of benzene rings is 1. The van der Waals surface area contributed by atoms with Crippen molar-refractivity contribution in [2.75, 3.05) is 0 Å². The monoisotopic (exact) mass is 330 g/mol. The van der Waals surface area contributed by atoms with Crippen molar-refractivity contribution in [2.24, 2.45) is 5.16 Å². The molecule has 2 heterocycles. The molecule has 1 aromatic carbocycles. The average molecular weight is 330 g/mol. The van der Waals surface area contributed by atoms with Crippen LogP contribution in [-0.4, -0.2) is 25.6 Å². The zero-order valence-corrected chi connectivity index (χ0v) is 12.5. The van der Waals surface area contributed by atoms with Crippen molar-refractivity contribution >= 4 is 5.84 Å². The fourth-order valence-corrected chi connectivity index (χ4v) is 2.06. The van der Waals surface area contributed by atoms with E-state index < -0.39 is 11.6 Å². The van der Waals surface area contributed by atoms with Crippen LogP contribution in [0.4, 0.5) is 8.78 Å². The SMILES string of the molecule is Cc1ccc(/C(=N/O)n2ccnc2)c(Oc2ccc(F)c(F)c2)n1. The molecule has 1 N–H and O–H groups in total. The lowest BCUT2D eigenvalue weighted by molar-refractivity contribution is 0.317. The highest BCUT2D eigenvalue weighted by molar-refractivity contribution is 6.01. The minimum absolute atomic E-state index is 0.0659. The third-order valence-corrected chi connectivity index (χ3v) is 3.19. The van der Waals surface area contributed by atoms with Crippen LogP contribution in [0, 0.1) is 18.6 Å². The van der Waals surface area contributed by atoms with Gasteiger partial charge in [0.15, 0.2) is 17.5 Å². The van der Waals surface area contributed by atoms with E-state index in [-0.39, 0.29) is 17.5 Å². The van der Waals surface area contributed by atoms with Crippen molar-refractivity contribution in [1.82, 2.24) is 14.5 Å². The summed E-state index contributed by atoms with van der Waals surface area (Å²) in [6.07, 6.45) is 4.54. The Labute approximate surface area is 135 Å². The van der Waals surface area contributed by atoms with Crippen molar-refractivity contribution in [2.45, 2.75) is 6.92 Å². The largest absolute Gasteiger partial charge is 0.438 e. The Hall–Kier alpha value is -3.29. The minimum atomic E-state index is -1.03. The molecule has 0 unspecified atom stereocenters. The molecule has 0 saturated carbocycles. The van der Waals surface area contributed by atoms with Crippen molar-refractivity contribution in [3.05, 3.63) is 71.9 Å². The van der Waals surface area contributed by atoms with Gasteiger partial charge in [0.25, 0.3) is 0 Å². The maximum atomic E-state index is 13.4. The van der Waals surface area contributed by atoms with E-state index in [0.717, 1.165) is 12.1 Å². The van der Waals surface area contributed by atoms with Gasteiger partial charge in [-0.25, -0.2) is 18.7 Å². The molecule has 0 spiro atoms. The number of nitrogens with zero attached hydrogens (tertiary/aromatic N) is 4. The first-order valence-corrected chi connectivity index (χ1v) is 6.90. The Kier molecular flexibility index (Phi) is 4.19. The van der Waals surface area contributed by atoms with Gasteiger partial charge >= 0.3 is 0 Å². The summed E-state index contributed by atoms with van der Waals surface area (Å²) in [5.41, 5.74) is 0.991. The zero-order chi connectivity index (χ0) is 17.1. The second kappa shape index (κ2) is 6.45. The second-order valence-corrected chi connectivity index (χ2v) is 4.88. The molecule has 3 rings (SSSR count). The summed E-state index contributed by atoms with van der Waals surface area (Å²) in [6, 6.07) is 6.49. The summed E-state index contributed by atoms with van der Waals surface area (Å²) < 4.78 is 33.4. The van der Waals surface area contributed by atoms with Crippen LogP contribution in [0.25, 0.3) is 0 Å². The highest BCUT2D eigenvalue weighted by Gasteiger charge is 2.16. The second-order valence-electron chi connectivity index (χ2n) is 4.88. The summed E-state index contributed by atoms with van der Waals surface area (Å²) in [4.78, 5) is 8.12. The Bertz CT molecular complexity index is 895. The van der Waals surface area contributed by atoms with Crippen LogP contribution in [0.1, 0.15) is 11.3 Å². The Morgan fingerprint density at radius 3 is 2.71 bits per heavy atom. The molecule has 0 saturated heterocycles. The summed E-state index contributed by atoms with van der Waals surface area (Å²) in [6.45, 7) is 1.74. The quantitative estimate of drug-likeness (QED) is 0.346. The molecule has 3 aromatic rings. The van der Waals surface area contributed by atoms with Gasteiger partial charge in [0, 0.05) is 24.2 Å². The average Bonchev–Trinajstić information content (AvgIpc) is 3.08. The van der Waals surface area contributed by atoms with E-state index in [2.05, 4.69) is 15.1 Å². The molecular formula is C16H12F2N4O2. The lowest BCUT2D eigenvalue weighted by atomic mass is 10.2. The van der Waals surface area contributed by atoms with Crippen LogP contribution in [0.3, 0.4) is 0 Å². The molecule has 0 fully saturated rings. The topological polar surface area (TPSA) is 72.5 Å². The molecule has 122 valence electrons. The third kappa shape index (κ3) is 3.07. The first kappa shape index (κ1) is 15.6. The van der Waals surface area contributed by atoms with Crippen LogP contribution in [-0.2, 0) is 0 Å². The normalized spacial score (nSPS) is 11.5. The molecule has 0 bridgehead atoms. The Morgan fingerprint density at radius 2 is 2.04 bits per heavy atom. The van der Waals surface area contributed by atoms with Gasteiger partial charge in [0.05, 0.1) is 5.56 Å². The van der Waals surface area contributed by atoms with Gasteiger partial charge in [-0.15, -0.1) is 0 Å². The number of hydrogen-bond donors (Lipinski definition) is 1. The molecular weight excluding hydrogens is 318 g/mol. The van der Waals surface area contributed by atoms with E-state index >= 15 is 0 Å². The number of rotatable bonds is 3. The predicted molar refractivity (Wildman–Crippen MR) is 81.4 cm³/mol. The summed E-state index contributed by atoms with van der Waals surface area (Å²) in [7, 11) is 0. The van der Waals surface area contributed by atoms with Crippen LogP contribution in [0.15, 0.2) is 54.2 Å². The smallest absolute Gasteiger partial charge is 0.230 e. The number of oxime groups is 1. The maximum absolute atomic E-state index is 13.4. The minimum Gasteiger partial charge on any atom is -0.438 e.